The molecule has 0 amide bonds. The topological polar surface area (TPSA) is 63.3 Å². The van der Waals surface area contributed by atoms with Gasteiger partial charge in [-0.05, 0) is 43.7 Å². The molecular weight excluding hydrogens is 344 g/mol. The van der Waals surface area contributed by atoms with E-state index in [0.717, 1.165) is 16.7 Å². The molecule has 2 atom stereocenters. The fraction of sp³-hybridized carbons (Fsp3) is 0.333. The van der Waals surface area contributed by atoms with Crippen LogP contribution in [0.5, 0.6) is 0 Å². The van der Waals surface area contributed by atoms with Gasteiger partial charge in [0.25, 0.3) is 0 Å². The van der Waals surface area contributed by atoms with Crippen molar-refractivity contribution in [3.8, 4) is 12.3 Å². The Morgan fingerprint density at radius 2 is 2.08 bits per heavy atom. The highest BCUT2D eigenvalue weighted by Gasteiger charge is 2.18. The quantitative estimate of drug-likeness (QED) is 0.317. The zero-order valence-corrected chi connectivity index (χ0v) is 17.0. The number of hydrogen-bond acceptors (Lipinski definition) is 4. The van der Waals surface area contributed by atoms with E-state index in [9.17, 15) is 0 Å². The first-order valence-corrected chi connectivity index (χ1v) is 8.97. The first-order chi connectivity index (χ1) is 12.5. The monoisotopic (exact) mass is 372 g/mol. The summed E-state index contributed by atoms with van der Waals surface area (Å²) in [7, 11) is 0. The number of pyridine rings is 1. The first-order valence-electron chi connectivity index (χ1n) is 8.59. The Hall–Kier alpha value is -2.35. The van der Waals surface area contributed by atoms with Crippen LogP contribution >= 0.6 is 11.6 Å². The number of allylic oxidation sites excluding steroid dienone is 2. The highest BCUT2D eigenvalue weighted by molar-refractivity contribution is 6.29. The molecular formula is C21H29ClN4. The van der Waals surface area contributed by atoms with Crippen LogP contribution in [0.3, 0.4) is 0 Å². The average Bonchev–Trinajstić information content (AvgIpc) is 2.68. The molecule has 0 aliphatic rings. The summed E-state index contributed by atoms with van der Waals surface area (Å²) in [5.41, 5.74) is 8.71. The van der Waals surface area contributed by atoms with Crippen molar-refractivity contribution in [2.45, 2.75) is 46.7 Å². The van der Waals surface area contributed by atoms with Gasteiger partial charge in [-0.1, -0.05) is 55.7 Å². The van der Waals surface area contributed by atoms with Crippen molar-refractivity contribution in [2.24, 2.45) is 10.7 Å². The maximum atomic E-state index is 5.89. The second kappa shape index (κ2) is 13.9. The molecule has 0 radical (unpaired) electrons. The number of aromatic nitrogens is 1. The van der Waals surface area contributed by atoms with E-state index in [1.807, 2.05) is 45.9 Å². The number of rotatable bonds is 7. The van der Waals surface area contributed by atoms with Crippen molar-refractivity contribution in [2.75, 3.05) is 0 Å². The van der Waals surface area contributed by atoms with Gasteiger partial charge in [-0.2, -0.15) is 0 Å². The van der Waals surface area contributed by atoms with Gasteiger partial charge in [0, 0.05) is 18.6 Å². The minimum atomic E-state index is -0.413. The third-order valence-corrected chi connectivity index (χ3v) is 3.54. The lowest BCUT2D eigenvalue weighted by atomic mass is 9.98. The molecule has 0 saturated heterocycles. The number of nitrogens with two attached hydrogens (primary N) is 1. The molecule has 1 aromatic rings. The van der Waals surface area contributed by atoms with Crippen LogP contribution in [0, 0.1) is 19.3 Å². The number of terminal acetylenes is 1. The third-order valence-electron chi connectivity index (χ3n) is 3.23. The van der Waals surface area contributed by atoms with Crippen molar-refractivity contribution in [3.63, 3.8) is 0 Å². The summed E-state index contributed by atoms with van der Waals surface area (Å²) in [4.78, 5) is 8.38. The van der Waals surface area contributed by atoms with Gasteiger partial charge in [-0.25, -0.2) is 4.99 Å². The van der Waals surface area contributed by atoms with Crippen LogP contribution in [0.2, 0.25) is 0 Å². The molecule has 0 aromatic carbocycles. The molecule has 0 aliphatic heterocycles. The molecule has 4 nitrogen and oxygen atoms in total. The summed E-state index contributed by atoms with van der Waals surface area (Å²) in [6.45, 7) is 9.72. The number of hydrogen-bond donors (Lipinski definition) is 2. The van der Waals surface area contributed by atoms with Crippen LogP contribution < -0.4 is 11.1 Å². The van der Waals surface area contributed by atoms with E-state index in [0.29, 0.717) is 5.16 Å². The Labute approximate surface area is 163 Å². The predicted octanol–water partition coefficient (Wildman–Crippen LogP) is 4.64. The van der Waals surface area contributed by atoms with Crippen LogP contribution in [0.25, 0.3) is 0 Å². The predicted molar refractivity (Wildman–Crippen MR) is 114 cm³/mol. The molecule has 1 rings (SSSR count). The van der Waals surface area contributed by atoms with Gasteiger partial charge in [0.1, 0.15) is 11.2 Å². The van der Waals surface area contributed by atoms with Gasteiger partial charge in [0.05, 0.1) is 6.04 Å². The van der Waals surface area contributed by atoms with E-state index in [-0.39, 0.29) is 6.04 Å². The molecule has 26 heavy (non-hydrogen) atoms. The van der Waals surface area contributed by atoms with E-state index < -0.39 is 6.04 Å². The Morgan fingerprint density at radius 3 is 2.58 bits per heavy atom. The Morgan fingerprint density at radius 1 is 1.38 bits per heavy atom. The molecule has 140 valence electrons. The van der Waals surface area contributed by atoms with Crippen molar-refractivity contribution < 1.29 is 0 Å². The van der Waals surface area contributed by atoms with Crippen LogP contribution in [-0.2, 0) is 0 Å². The van der Waals surface area contributed by atoms with Crippen LogP contribution in [-0.4, -0.2) is 17.2 Å². The second-order valence-electron chi connectivity index (χ2n) is 5.10. The van der Waals surface area contributed by atoms with Crippen molar-refractivity contribution in [3.05, 3.63) is 64.7 Å². The smallest absolute Gasteiger partial charge is 0.124 e. The normalized spacial score (nSPS) is 14.7. The van der Waals surface area contributed by atoms with E-state index in [2.05, 4.69) is 21.2 Å². The molecule has 0 saturated carbocycles. The number of nitrogens with one attached hydrogen (secondary N) is 1. The molecule has 2 unspecified atom stereocenters. The summed E-state index contributed by atoms with van der Waals surface area (Å²) in [5.74, 6) is 2.66. The number of halogens is 1. The zero-order valence-electron chi connectivity index (χ0n) is 16.2. The Bertz CT molecular complexity index is 696. The number of aryl methyl sites for hydroxylation is 1. The van der Waals surface area contributed by atoms with Crippen molar-refractivity contribution >= 4 is 17.8 Å². The molecule has 5 heteroatoms. The molecule has 0 fully saturated rings. The minimum Gasteiger partial charge on any atom is -0.404 e. The van der Waals surface area contributed by atoms with E-state index >= 15 is 0 Å². The standard InChI is InChI=1S/C19H23ClN4.C2H6/c1-5-8-15(10-21)19(16-9-14(4)11-22-12-16)24-17(6-2)13-23-18(20)7-3;1-2/h2,5,7-13,17,19,24H,21H2,1,3-4H3;1-2H3/b8-5-,15-10+,18-7-,23-13-;. The van der Waals surface area contributed by atoms with E-state index in [1.165, 1.54) is 0 Å². The maximum Gasteiger partial charge on any atom is 0.124 e. The molecule has 0 spiro atoms. The van der Waals surface area contributed by atoms with Gasteiger partial charge in [0.2, 0.25) is 0 Å². The number of aliphatic imine (C=N–C) groups is 1. The van der Waals surface area contributed by atoms with Gasteiger partial charge < -0.3 is 5.73 Å². The van der Waals surface area contributed by atoms with Gasteiger partial charge >= 0.3 is 0 Å². The summed E-state index contributed by atoms with van der Waals surface area (Å²) < 4.78 is 0. The van der Waals surface area contributed by atoms with Gasteiger partial charge in [0.15, 0.2) is 0 Å². The summed E-state index contributed by atoms with van der Waals surface area (Å²) >= 11 is 5.89. The van der Waals surface area contributed by atoms with Crippen LogP contribution in [0.1, 0.15) is 44.9 Å². The maximum absolute atomic E-state index is 5.89. The Kier molecular flexibility index (Phi) is 12.6. The zero-order chi connectivity index (χ0) is 19.9. The average molecular weight is 373 g/mol. The second-order valence-corrected chi connectivity index (χ2v) is 5.48. The van der Waals surface area contributed by atoms with E-state index in [4.69, 9.17) is 23.8 Å². The molecule has 0 aliphatic carbocycles. The molecule has 3 N–H and O–H groups in total. The van der Waals surface area contributed by atoms with Crippen molar-refractivity contribution in [1.29, 1.82) is 0 Å². The lowest BCUT2D eigenvalue weighted by Gasteiger charge is -2.22. The largest absolute Gasteiger partial charge is 0.404 e. The van der Waals surface area contributed by atoms with Crippen LogP contribution in [0.15, 0.2) is 58.6 Å². The van der Waals surface area contributed by atoms with Gasteiger partial charge in [-0.15, -0.1) is 6.42 Å². The van der Waals surface area contributed by atoms with E-state index in [1.54, 1.807) is 37.8 Å². The first kappa shape index (κ1) is 23.6. The van der Waals surface area contributed by atoms with Crippen LogP contribution in [0.4, 0.5) is 0 Å². The summed E-state index contributed by atoms with van der Waals surface area (Å²) in [6, 6.07) is 1.42. The highest BCUT2D eigenvalue weighted by Crippen LogP contribution is 2.23. The SMILES string of the molecule is C#CC(/C=N\C(Cl)=C/C)NC(C(/C=C\C)=C/N)c1cncc(C)c1.CC. The molecule has 0 bridgehead atoms. The summed E-state index contributed by atoms with van der Waals surface area (Å²) in [5, 5.41) is 3.73. The van der Waals surface area contributed by atoms with Crippen molar-refractivity contribution in [1.82, 2.24) is 10.3 Å². The minimum absolute atomic E-state index is 0.213. The third kappa shape index (κ3) is 8.15. The molecule has 1 aromatic heterocycles. The number of nitrogens with zero attached hydrogens (tertiary/aromatic N) is 2. The fourth-order valence-electron chi connectivity index (χ4n) is 2.10. The molecule has 1 heterocycles. The fourth-order valence-corrected chi connectivity index (χ4v) is 2.15. The highest BCUT2D eigenvalue weighted by atomic mass is 35.5. The lowest BCUT2D eigenvalue weighted by Crippen LogP contribution is -2.34. The summed E-state index contributed by atoms with van der Waals surface area (Å²) in [6.07, 6.45) is 17.9. The van der Waals surface area contributed by atoms with Gasteiger partial charge in [-0.3, -0.25) is 10.3 Å². The lowest BCUT2D eigenvalue weighted by molar-refractivity contribution is 0.618. The Balaban J connectivity index is 0.00000301.